The summed E-state index contributed by atoms with van der Waals surface area (Å²) < 4.78 is 5.12. The standard InChI is InChI=1S/C28H30ClN3O4S/c1-18-15-22(29)6-3-21(18)16-30-27(35)24-17-37-28(31-24)20-11-13-32(14-12-20)26(34)10-9-25(33)19-4-7-23(36-2)8-5-19/h3-8,15,17,20H,9-14,16H2,1-2H3,(H,30,35). The van der Waals surface area contributed by atoms with Gasteiger partial charge in [0.1, 0.15) is 11.4 Å². The van der Waals surface area contributed by atoms with Gasteiger partial charge in [0.25, 0.3) is 5.91 Å². The molecule has 0 bridgehead atoms. The molecule has 3 aromatic rings. The average molecular weight is 540 g/mol. The van der Waals surface area contributed by atoms with Crippen LogP contribution in [0.3, 0.4) is 0 Å². The number of amides is 2. The first-order valence-corrected chi connectivity index (χ1v) is 13.5. The van der Waals surface area contributed by atoms with Gasteiger partial charge in [0.2, 0.25) is 5.91 Å². The second kappa shape index (κ2) is 12.3. The minimum atomic E-state index is -0.203. The minimum Gasteiger partial charge on any atom is -0.497 e. The molecule has 9 heteroatoms. The summed E-state index contributed by atoms with van der Waals surface area (Å²) in [5, 5.41) is 6.32. The third-order valence-corrected chi connectivity index (χ3v) is 7.92. The molecule has 0 radical (unpaired) electrons. The van der Waals surface area contributed by atoms with Gasteiger partial charge in [-0.25, -0.2) is 4.98 Å². The van der Waals surface area contributed by atoms with Gasteiger partial charge in [0.05, 0.1) is 12.1 Å². The van der Waals surface area contributed by atoms with Crippen LogP contribution in [-0.2, 0) is 11.3 Å². The van der Waals surface area contributed by atoms with Crippen LogP contribution in [0, 0.1) is 6.92 Å². The Morgan fingerprint density at radius 1 is 1.11 bits per heavy atom. The number of methoxy groups -OCH3 is 1. The van der Waals surface area contributed by atoms with Crippen molar-refractivity contribution in [3.63, 3.8) is 0 Å². The number of hydrogen-bond donors (Lipinski definition) is 1. The molecule has 2 aromatic carbocycles. The van der Waals surface area contributed by atoms with Crippen LogP contribution in [-0.4, -0.2) is 47.7 Å². The van der Waals surface area contributed by atoms with Crippen molar-refractivity contribution in [3.8, 4) is 5.75 Å². The molecule has 194 valence electrons. The molecule has 0 atom stereocenters. The first kappa shape index (κ1) is 26.8. The SMILES string of the molecule is COc1ccc(C(=O)CCC(=O)N2CCC(c3nc(C(=O)NCc4ccc(Cl)cc4C)cs3)CC2)cc1. The zero-order valence-corrected chi connectivity index (χ0v) is 22.5. The molecular weight excluding hydrogens is 510 g/mol. The fraction of sp³-hybridized carbons (Fsp3) is 0.357. The Kier molecular flexibility index (Phi) is 8.95. The number of carbonyl (C=O) groups excluding carboxylic acids is 3. The maximum Gasteiger partial charge on any atom is 0.271 e. The summed E-state index contributed by atoms with van der Waals surface area (Å²) in [6.07, 6.45) is 1.96. The number of piperidine rings is 1. The van der Waals surface area contributed by atoms with Crippen LogP contribution in [0.5, 0.6) is 5.75 Å². The lowest BCUT2D eigenvalue weighted by Crippen LogP contribution is -2.38. The highest BCUT2D eigenvalue weighted by atomic mass is 35.5. The van der Waals surface area contributed by atoms with Gasteiger partial charge < -0.3 is 15.0 Å². The maximum atomic E-state index is 12.7. The molecule has 1 aromatic heterocycles. The Hall–Kier alpha value is -3.23. The van der Waals surface area contributed by atoms with E-state index in [1.807, 2.05) is 30.0 Å². The van der Waals surface area contributed by atoms with Crippen LogP contribution in [0.2, 0.25) is 5.02 Å². The zero-order valence-electron chi connectivity index (χ0n) is 21.0. The maximum absolute atomic E-state index is 12.7. The summed E-state index contributed by atoms with van der Waals surface area (Å²) >= 11 is 7.49. The summed E-state index contributed by atoms with van der Waals surface area (Å²) in [6.45, 7) is 3.62. The number of nitrogens with one attached hydrogen (secondary N) is 1. The van der Waals surface area contributed by atoms with Crippen molar-refractivity contribution in [2.45, 2.75) is 45.1 Å². The normalized spacial score (nSPS) is 13.9. The molecule has 2 amide bonds. The number of aryl methyl sites for hydroxylation is 1. The highest BCUT2D eigenvalue weighted by molar-refractivity contribution is 7.09. The van der Waals surface area contributed by atoms with E-state index in [4.69, 9.17) is 16.3 Å². The number of ether oxygens (including phenoxy) is 1. The number of benzene rings is 2. The van der Waals surface area contributed by atoms with Gasteiger partial charge in [-0.1, -0.05) is 17.7 Å². The van der Waals surface area contributed by atoms with Crippen molar-refractivity contribution >= 4 is 40.5 Å². The van der Waals surface area contributed by atoms with Crippen molar-refractivity contribution in [3.05, 3.63) is 80.3 Å². The topological polar surface area (TPSA) is 88.6 Å². The second-order valence-corrected chi connectivity index (χ2v) is 10.5. The molecule has 4 rings (SSSR count). The third-order valence-electron chi connectivity index (χ3n) is 6.67. The van der Waals surface area contributed by atoms with E-state index in [-0.39, 0.29) is 36.4 Å². The third kappa shape index (κ3) is 6.96. The Morgan fingerprint density at radius 3 is 2.51 bits per heavy atom. The molecule has 0 spiro atoms. The van der Waals surface area contributed by atoms with E-state index < -0.39 is 0 Å². The average Bonchev–Trinajstić information content (AvgIpc) is 3.41. The van der Waals surface area contributed by atoms with Crippen molar-refractivity contribution < 1.29 is 19.1 Å². The molecule has 1 aliphatic heterocycles. The summed E-state index contributed by atoms with van der Waals surface area (Å²) in [6, 6.07) is 12.5. The molecule has 1 saturated heterocycles. The zero-order chi connectivity index (χ0) is 26.4. The van der Waals surface area contributed by atoms with Crippen molar-refractivity contribution in [2.24, 2.45) is 0 Å². The number of halogens is 1. The molecular formula is C28H30ClN3O4S. The molecule has 0 aliphatic carbocycles. The number of thiazole rings is 1. The molecule has 1 fully saturated rings. The lowest BCUT2D eigenvalue weighted by atomic mass is 9.97. The van der Waals surface area contributed by atoms with Crippen molar-refractivity contribution in [2.75, 3.05) is 20.2 Å². The number of ketones is 1. The molecule has 1 aliphatic rings. The van der Waals surface area contributed by atoms with Crippen LogP contribution in [0.4, 0.5) is 0 Å². The van der Waals surface area contributed by atoms with Crippen LogP contribution >= 0.6 is 22.9 Å². The van der Waals surface area contributed by atoms with E-state index in [9.17, 15) is 14.4 Å². The molecule has 7 nitrogen and oxygen atoms in total. The number of likely N-dealkylation sites (tertiary alicyclic amines) is 1. The summed E-state index contributed by atoms with van der Waals surface area (Å²) in [7, 11) is 1.58. The smallest absolute Gasteiger partial charge is 0.271 e. The predicted molar refractivity (Wildman–Crippen MR) is 145 cm³/mol. The van der Waals surface area contributed by atoms with Gasteiger partial charge in [0, 0.05) is 54.4 Å². The van der Waals surface area contributed by atoms with E-state index in [2.05, 4.69) is 10.3 Å². The summed E-state index contributed by atoms with van der Waals surface area (Å²) in [4.78, 5) is 44.1. The van der Waals surface area contributed by atoms with E-state index in [0.29, 0.717) is 41.7 Å². The molecule has 37 heavy (non-hydrogen) atoms. The number of rotatable bonds is 9. The second-order valence-electron chi connectivity index (χ2n) is 9.13. The van der Waals surface area contributed by atoms with Gasteiger partial charge in [0.15, 0.2) is 5.78 Å². The van der Waals surface area contributed by atoms with Gasteiger partial charge in [-0.2, -0.15) is 0 Å². The van der Waals surface area contributed by atoms with E-state index in [1.165, 1.54) is 11.3 Å². The highest BCUT2D eigenvalue weighted by Gasteiger charge is 2.26. The Balaban J connectivity index is 1.22. The van der Waals surface area contributed by atoms with Crippen LogP contribution in [0.1, 0.15) is 68.6 Å². The van der Waals surface area contributed by atoms with E-state index in [0.717, 1.165) is 29.0 Å². The number of hydrogen-bond acceptors (Lipinski definition) is 6. The minimum absolute atomic E-state index is 0.00277. The summed E-state index contributed by atoms with van der Waals surface area (Å²) in [5.74, 6) is 0.653. The first-order chi connectivity index (χ1) is 17.8. The van der Waals surface area contributed by atoms with Crippen LogP contribution in [0.25, 0.3) is 0 Å². The number of aromatic nitrogens is 1. The molecule has 0 saturated carbocycles. The van der Waals surface area contributed by atoms with Crippen LogP contribution < -0.4 is 10.1 Å². The monoisotopic (exact) mass is 539 g/mol. The molecule has 0 unspecified atom stereocenters. The summed E-state index contributed by atoms with van der Waals surface area (Å²) in [5.41, 5.74) is 3.04. The van der Waals surface area contributed by atoms with Gasteiger partial charge in [-0.15, -0.1) is 11.3 Å². The van der Waals surface area contributed by atoms with Gasteiger partial charge >= 0.3 is 0 Å². The first-order valence-electron chi connectivity index (χ1n) is 12.3. The Labute approximate surface area is 225 Å². The fourth-order valence-electron chi connectivity index (χ4n) is 4.38. The van der Waals surface area contributed by atoms with Gasteiger partial charge in [-0.3, -0.25) is 14.4 Å². The highest BCUT2D eigenvalue weighted by Crippen LogP contribution is 2.30. The largest absolute Gasteiger partial charge is 0.497 e. The molecule has 2 heterocycles. The van der Waals surface area contributed by atoms with Crippen molar-refractivity contribution in [1.29, 1.82) is 0 Å². The van der Waals surface area contributed by atoms with Crippen LogP contribution in [0.15, 0.2) is 47.8 Å². The number of nitrogens with zero attached hydrogens (tertiary/aromatic N) is 2. The fourth-order valence-corrected chi connectivity index (χ4v) is 5.58. The van der Waals surface area contributed by atoms with Gasteiger partial charge in [-0.05, 0) is 67.3 Å². The lowest BCUT2D eigenvalue weighted by Gasteiger charge is -2.31. The molecule has 1 N–H and O–H groups in total. The van der Waals surface area contributed by atoms with Crippen molar-refractivity contribution in [1.82, 2.24) is 15.2 Å². The lowest BCUT2D eigenvalue weighted by molar-refractivity contribution is -0.132. The van der Waals surface area contributed by atoms with E-state index >= 15 is 0 Å². The Bertz CT molecular complexity index is 1270. The van der Waals surface area contributed by atoms with E-state index in [1.54, 1.807) is 36.8 Å². The predicted octanol–water partition coefficient (Wildman–Crippen LogP) is 5.41. The quantitative estimate of drug-likeness (QED) is 0.367. The number of carbonyl (C=O) groups is 3. The number of Topliss-reactive ketones (excluding diaryl/α,β-unsaturated/α-hetero) is 1. The Morgan fingerprint density at radius 2 is 1.84 bits per heavy atom.